The van der Waals surface area contributed by atoms with Gasteiger partial charge >= 0.3 is 0 Å². The summed E-state index contributed by atoms with van der Waals surface area (Å²) in [6.45, 7) is 5.12. The van der Waals surface area contributed by atoms with E-state index in [2.05, 4.69) is 18.8 Å². The Morgan fingerprint density at radius 1 is 1.25 bits per heavy atom. The second-order valence-corrected chi connectivity index (χ2v) is 6.08. The minimum Gasteiger partial charge on any atom is -0.390 e. The number of hydrogen-bond acceptors (Lipinski definition) is 4. The Kier molecular flexibility index (Phi) is 5.71. The molecule has 1 atom stereocenters. The molecule has 0 amide bonds. The fourth-order valence-electron chi connectivity index (χ4n) is 1.87. The van der Waals surface area contributed by atoms with E-state index in [0.29, 0.717) is 25.6 Å². The van der Waals surface area contributed by atoms with Crippen LogP contribution in [-0.4, -0.2) is 22.8 Å². The Labute approximate surface area is 124 Å². The predicted octanol–water partition coefficient (Wildman–Crippen LogP) is 3.39. The molecule has 0 saturated carbocycles. The number of nitrogens with zero attached hydrogens (tertiary/aromatic N) is 1. The SMILES string of the molecule is CC(C)c1nc(CC(O)COCc2ccccc2)cs1. The van der Waals surface area contributed by atoms with Gasteiger partial charge in [0.15, 0.2) is 0 Å². The second-order valence-electron chi connectivity index (χ2n) is 5.19. The van der Waals surface area contributed by atoms with Gasteiger partial charge in [0.1, 0.15) is 0 Å². The van der Waals surface area contributed by atoms with Gasteiger partial charge in [0.05, 0.1) is 30.0 Å². The topological polar surface area (TPSA) is 42.4 Å². The fraction of sp³-hybridized carbons (Fsp3) is 0.438. The zero-order valence-electron chi connectivity index (χ0n) is 12.0. The van der Waals surface area contributed by atoms with Crippen LogP contribution in [0, 0.1) is 0 Å². The molecule has 108 valence electrons. The van der Waals surface area contributed by atoms with Crippen LogP contribution in [0.5, 0.6) is 0 Å². The molecule has 0 bridgehead atoms. The second kappa shape index (κ2) is 7.53. The summed E-state index contributed by atoms with van der Waals surface area (Å²) in [6, 6.07) is 9.98. The van der Waals surface area contributed by atoms with E-state index in [4.69, 9.17) is 4.74 Å². The molecule has 0 fully saturated rings. The van der Waals surface area contributed by atoms with Crippen molar-refractivity contribution in [3.05, 3.63) is 52.0 Å². The molecule has 1 N–H and O–H groups in total. The molecule has 4 heteroatoms. The molecule has 2 rings (SSSR count). The number of aliphatic hydroxyl groups is 1. The van der Waals surface area contributed by atoms with Crippen LogP contribution in [0.1, 0.15) is 36.0 Å². The monoisotopic (exact) mass is 291 g/mol. The van der Waals surface area contributed by atoms with Gasteiger partial charge in [0, 0.05) is 17.7 Å². The zero-order valence-corrected chi connectivity index (χ0v) is 12.8. The molecule has 0 spiro atoms. The molecule has 3 nitrogen and oxygen atoms in total. The van der Waals surface area contributed by atoms with Crippen molar-refractivity contribution >= 4 is 11.3 Å². The van der Waals surface area contributed by atoms with Gasteiger partial charge in [-0.15, -0.1) is 11.3 Å². The first-order valence-corrected chi connectivity index (χ1v) is 7.77. The summed E-state index contributed by atoms with van der Waals surface area (Å²) in [4.78, 5) is 4.52. The van der Waals surface area contributed by atoms with E-state index in [1.807, 2.05) is 35.7 Å². The molecule has 1 unspecified atom stereocenters. The maximum Gasteiger partial charge on any atom is 0.0953 e. The van der Waals surface area contributed by atoms with Gasteiger partial charge in [-0.3, -0.25) is 0 Å². The Balaban J connectivity index is 1.73. The molecule has 1 aromatic heterocycles. The van der Waals surface area contributed by atoms with Crippen LogP contribution in [-0.2, 0) is 17.8 Å². The van der Waals surface area contributed by atoms with Gasteiger partial charge < -0.3 is 9.84 Å². The number of rotatable bonds is 7. The van der Waals surface area contributed by atoms with Gasteiger partial charge in [-0.05, 0) is 5.56 Å². The van der Waals surface area contributed by atoms with Crippen molar-refractivity contribution in [2.24, 2.45) is 0 Å². The lowest BCUT2D eigenvalue weighted by Crippen LogP contribution is -2.18. The van der Waals surface area contributed by atoms with Crippen molar-refractivity contribution in [2.75, 3.05) is 6.61 Å². The van der Waals surface area contributed by atoms with Crippen LogP contribution in [0.25, 0.3) is 0 Å². The molecule has 20 heavy (non-hydrogen) atoms. The van der Waals surface area contributed by atoms with E-state index in [1.165, 1.54) is 0 Å². The van der Waals surface area contributed by atoms with E-state index in [1.54, 1.807) is 11.3 Å². The minimum atomic E-state index is -0.499. The van der Waals surface area contributed by atoms with Crippen LogP contribution < -0.4 is 0 Å². The lowest BCUT2D eigenvalue weighted by molar-refractivity contribution is 0.0285. The number of aromatic nitrogens is 1. The van der Waals surface area contributed by atoms with Crippen LogP contribution in [0.2, 0.25) is 0 Å². The molecule has 1 heterocycles. The average Bonchev–Trinajstić information content (AvgIpc) is 2.88. The van der Waals surface area contributed by atoms with E-state index in [9.17, 15) is 5.11 Å². The Hall–Kier alpha value is -1.23. The van der Waals surface area contributed by atoms with E-state index in [-0.39, 0.29) is 0 Å². The number of aliphatic hydroxyl groups excluding tert-OH is 1. The Morgan fingerprint density at radius 2 is 2.00 bits per heavy atom. The first kappa shape index (κ1) is 15.2. The zero-order chi connectivity index (χ0) is 14.4. The van der Waals surface area contributed by atoms with Crippen molar-refractivity contribution in [1.29, 1.82) is 0 Å². The molecule has 2 aromatic rings. The summed E-state index contributed by atoms with van der Waals surface area (Å²) >= 11 is 1.66. The highest BCUT2D eigenvalue weighted by atomic mass is 32.1. The van der Waals surface area contributed by atoms with E-state index >= 15 is 0 Å². The summed E-state index contributed by atoms with van der Waals surface area (Å²) in [5, 5.41) is 13.1. The molecule has 0 aliphatic carbocycles. The largest absolute Gasteiger partial charge is 0.390 e. The average molecular weight is 291 g/mol. The number of thiazole rings is 1. The number of hydrogen-bond donors (Lipinski definition) is 1. The quantitative estimate of drug-likeness (QED) is 0.850. The van der Waals surface area contributed by atoms with Gasteiger partial charge in [-0.1, -0.05) is 44.2 Å². The number of ether oxygens (including phenoxy) is 1. The highest BCUT2D eigenvalue weighted by molar-refractivity contribution is 7.09. The molecule has 0 aliphatic rings. The third-order valence-electron chi connectivity index (χ3n) is 2.93. The van der Waals surface area contributed by atoms with Gasteiger partial charge in [0.25, 0.3) is 0 Å². The smallest absolute Gasteiger partial charge is 0.0953 e. The summed E-state index contributed by atoms with van der Waals surface area (Å²) < 4.78 is 5.53. The number of benzene rings is 1. The molecule has 0 radical (unpaired) electrons. The van der Waals surface area contributed by atoms with Gasteiger partial charge in [-0.2, -0.15) is 0 Å². The third-order valence-corrected chi connectivity index (χ3v) is 4.12. The van der Waals surface area contributed by atoms with Crippen molar-refractivity contribution in [3.8, 4) is 0 Å². The molecule has 1 aromatic carbocycles. The van der Waals surface area contributed by atoms with E-state index in [0.717, 1.165) is 16.3 Å². The third kappa shape index (κ3) is 4.71. The highest BCUT2D eigenvalue weighted by Gasteiger charge is 2.11. The van der Waals surface area contributed by atoms with Gasteiger partial charge in [0.2, 0.25) is 0 Å². The van der Waals surface area contributed by atoms with Crippen LogP contribution in [0.3, 0.4) is 0 Å². The summed E-state index contributed by atoms with van der Waals surface area (Å²) in [5.74, 6) is 0.445. The fourth-order valence-corrected chi connectivity index (χ4v) is 2.72. The van der Waals surface area contributed by atoms with E-state index < -0.39 is 6.10 Å². The standard InChI is InChI=1S/C16H21NO2S/c1-12(2)16-17-14(11-20-16)8-15(18)10-19-9-13-6-4-3-5-7-13/h3-7,11-12,15,18H,8-10H2,1-2H3. The molecular weight excluding hydrogens is 270 g/mol. The van der Waals surface area contributed by atoms with Crippen LogP contribution in [0.15, 0.2) is 35.7 Å². The highest BCUT2D eigenvalue weighted by Crippen LogP contribution is 2.19. The maximum atomic E-state index is 9.97. The van der Waals surface area contributed by atoms with Crippen molar-refractivity contribution in [3.63, 3.8) is 0 Å². The lowest BCUT2D eigenvalue weighted by Gasteiger charge is -2.10. The first-order chi connectivity index (χ1) is 9.65. The van der Waals surface area contributed by atoms with Gasteiger partial charge in [-0.25, -0.2) is 4.98 Å². The predicted molar refractivity (Wildman–Crippen MR) is 82.0 cm³/mol. The molecule has 0 aliphatic heterocycles. The summed E-state index contributed by atoms with van der Waals surface area (Å²) in [5.41, 5.74) is 2.07. The lowest BCUT2D eigenvalue weighted by atomic mass is 10.2. The van der Waals surface area contributed by atoms with Crippen molar-refractivity contribution < 1.29 is 9.84 Å². The minimum absolute atomic E-state index is 0.337. The van der Waals surface area contributed by atoms with Crippen molar-refractivity contribution in [2.45, 2.75) is 38.9 Å². The normalized spacial score (nSPS) is 12.8. The summed E-state index contributed by atoms with van der Waals surface area (Å²) in [6.07, 6.45) is 0.0543. The maximum absolute atomic E-state index is 9.97. The van der Waals surface area contributed by atoms with Crippen LogP contribution in [0.4, 0.5) is 0 Å². The summed E-state index contributed by atoms with van der Waals surface area (Å²) in [7, 11) is 0. The van der Waals surface area contributed by atoms with Crippen molar-refractivity contribution in [1.82, 2.24) is 4.98 Å². The molecular formula is C16H21NO2S. The molecule has 0 saturated heterocycles. The Bertz CT molecular complexity index is 510. The Morgan fingerprint density at radius 3 is 2.65 bits per heavy atom. The van der Waals surface area contributed by atoms with Crippen LogP contribution >= 0.6 is 11.3 Å². The first-order valence-electron chi connectivity index (χ1n) is 6.89.